The van der Waals surface area contributed by atoms with Crippen LogP contribution in [0, 0.1) is 11.8 Å². The summed E-state index contributed by atoms with van der Waals surface area (Å²) in [6, 6.07) is -1.78. The van der Waals surface area contributed by atoms with Gasteiger partial charge in [-0.2, -0.15) is 0 Å². The fraction of sp³-hybridized carbons (Fsp3) is 0.600. The zero-order valence-electron chi connectivity index (χ0n) is 14.0. The summed E-state index contributed by atoms with van der Waals surface area (Å²) in [4.78, 5) is 83.6. The second-order valence-corrected chi connectivity index (χ2v) is 5.06. The Kier molecular flexibility index (Phi) is 13.6. The molecule has 0 bridgehead atoms. The number of nitrogens with zero attached hydrogens (tertiary/aromatic N) is 6. The molecule has 0 aromatic heterocycles. The van der Waals surface area contributed by atoms with Gasteiger partial charge in [-0.25, -0.2) is 58.7 Å². The molecule has 0 aliphatic heterocycles. The summed E-state index contributed by atoms with van der Waals surface area (Å²) >= 11 is 0. The van der Waals surface area contributed by atoms with Crippen molar-refractivity contribution in [1.29, 1.82) is 0 Å². The quantitative estimate of drug-likeness (QED) is 0.288. The maximum absolute atomic E-state index is 10.7. The van der Waals surface area contributed by atoms with Gasteiger partial charge in [-0.3, -0.25) is 0 Å². The second kappa shape index (κ2) is 15.8. The predicted octanol–water partition coefficient (Wildman–Crippen LogP) is -0.639. The molecule has 0 heterocycles. The molecular weight excluding hydrogens is 360 g/mol. The number of hydrogen-bond acceptors (Lipinski definition) is 12. The summed E-state index contributed by atoms with van der Waals surface area (Å²) in [5.74, 6) is -1.30. The maximum atomic E-state index is 10.7. The van der Waals surface area contributed by atoms with E-state index in [1.54, 1.807) is 0 Å². The zero-order valence-corrected chi connectivity index (χ0v) is 14.0. The largest absolute Gasteiger partial charge is 0.235 e. The van der Waals surface area contributed by atoms with E-state index >= 15 is 0 Å². The molecule has 0 amide bonds. The van der Waals surface area contributed by atoms with Gasteiger partial charge in [-0.1, -0.05) is 0 Å². The normalized spacial score (nSPS) is 13.3. The second-order valence-electron chi connectivity index (χ2n) is 5.06. The summed E-state index contributed by atoms with van der Waals surface area (Å²) in [6.07, 6.45) is 8.05. The summed E-state index contributed by atoms with van der Waals surface area (Å²) in [5, 5.41) is 0. The Balaban J connectivity index is 5.83. The molecule has 4 unspecified atom stereocenters. The van der Waals surface area contributed by atoms with Gasteiger partial charge in [0.15, 0.2) is 0 Å². The highest BCUT2D eigenvalue weighted by Gasteiger charge is 2.29. The number of carbonyl (C=O) groups excluding carboxylic acids is 6. The lowest BCUT2D eigenvalue weighted by molar-refractivity contribution is 0.303. The molecule has 0 rings (SSSR count). The molecule has 0 spiro atoms. The van der Waals surface area contributed by atoms with Gasteiger partial charge in [0.25, 0.3) is 0 Å². The lowest BCUT2D eigenvalue weighted by Crippen LogP contribution is -2.33. The third-order valence-electron chi connectivity index (χ3n) is 3.60. The van der Waals surface area contributed by atoms with E-state index in [1.807, 2.05) is 0 Å². The lowest BCUT2D eigenvalue weighted by atomic mass is 9.85. The van der Waals surface area contributed by atoms with Crippen LogP contribution in [0.25, 0.3) is 0 Å². The van der Waals surface area contributed by atoms with Crippen LogP contribution in [0.4, 0.5) is 0 Å². The van der Waals surface area contributed by atoms with Crippen molar-refractivity contribution in [3.8, 4) is 0 Å². The number of aliphatic imine (C=N–C) groups is 6. The van der Waals surface area contributed by atoms with Crippen molar-refractivity contribution in [3.63, 3.8) is 0 Å². The number of hydrogen-bond donors (Lipinski definition) is 0. The average molecular weight is 374 g/mol. The fourth-order valence-electron chi connectivity index (χ4n) is 2.39. The first kappa shape index (κ1) is 23.3. The Bertz CT molecular complexity index is 698. The van der Waals surface area contributed by atoms with Crippen molar-refractivity contribution in [1.82, 2.24) is 0 Å². The highest BCUT2D eigenvalue weighted by Crippen LogP contribution is 2.24. The van der Waals surface area contributed by atoms with Crippen LogP contribution < -0.4 is 0 Å². The van der Waals surface area contributed by atoms with E-state index in [-0.39, 0.29) is 32.6 Å². The van der Waals surface area contributed by atoms with Crippen LogP contribution in [-0.2, 0) is 28.8 Å². The van der Waals surface area contributed by atoms with Crippen molar-refractivity contribution >= 4 is 36.5 Å². The van der Waals surface area contributed by atoms with Gasteiger partial charge < -0.3 is 0 Å². The van der Waals surface area contributed by atoms with Crippen LogP contribution >= 0.6 is 0 Å². The third-order valence-corrected chi connectivity index (χ3v) is 3.60. The smallest absolute Gasteiger partial charge is 0.211 e. The fourth-order valence-corrected chi connectivity index (χ4v) is 2.39. The highest BCUT2D eigenvalue weighted by molar-refractivity contribution is 5.37. The molecule has 0 aromatic rings. The van der Waals surface area contributed by atoms with Crippen molar-refractivity contribution in [2.24, 2.45) is 41.8 Å². The zero-order chi connectivity index (χ0) is 20.3. The SMILES string of the molecule is O=C=NCC(CC(CN=C=O)C(CN=C=O)N=C=O)C(CN=C=O)N=C=O. The first-order chi connectivity index (χ1) is 13.2. The predicted molar refractivity (Wildman–Crippen MR) is 87.4 cm³/mol. The summed E-state index contributed by atoms with van der Waals surface area (Å²) in [6.45, 7) is -0.752. The molecule has 0 aliphatic carbocycles. The molecule has 12 nitrogen and oxygen atoms in total. The highest BCUT2D eigenvalue weighted by atomic mass is 16.1. The molecular formula is C15H14N6O6. The third kappa shape index (κ3) is 9.99. The Morgan fingerprint density at radius 2 is 0.815 bits per heavy atom. The van der Waals surface area contributed by atoms with Crippen molar-refractivity contribution in [2.45, 2.75) is 18.5 Å². The minimum atomic E-state index is -0.890. The molecule has 0 saturated carbocycles. The maximum Gasteiger partial charge on any atom is 0.235 e. The Morgan fingerprint density at radius 1 is 0.481 bits per heavy atom. The minimum absolute atomic E-state index is 0.0742. The van der Waals surface area contributed by atoms with Crippen molar-refractivity contribution < 1.29 is 28.8 Å². The molecule has 0 saturated heterocycles. The van der Waals surface area contributed by atoms with Gasteiger partial charge >= 0.3 is 0 Å². The first-order valence-corrected chi connectivity index (χ1v) is 7.46. The Labute approximate surface area is 152 Å². The summed E-state index contributed by atoms with van der Waals surface area (Å²) in [5.41, 5.74) is 0. The number of isocyanates is 6. The van der Waals surface area contributed by atoms with Gasteiger partial charge in [-0.15, -0.1) is 0 Å². The van der Waals surface area contributed by atoms with Crippen LogP contribution in [0.2, 0.25) is 0 Å². The van der Waals surface area contributed by atoms with E-state index < -0.39 is 23.9 Å². The van der Waals surface area contributed by atoms with E-state index in [0.29, 0.717) is 0 Å². The van der Waals surface area contributed by atoms with Crippen LogP contribution in [0.1, 0.15) is 6.42 Å². The van der Waals surface area contributed by atoms with E-state index in [0.717, 1.165) is 0 Å². The molecule has 0 aliphatic rings. The monoisotopic (exact) mass is 374 g/mol. The van der Waals surface area contributed by atoms with Crippen LogP contribution in [0.15, 0.2) is 30.0 Å². The average Bonchev–Trinajstić information content (AvgIpc) is 2.68. The molecule has 140 valence electrons. The van der Waals surface area contributed by atoms with E-state index in [4.69, 9.17) is 0 Å². The van der Waals surface area contributed by atoms with Crippen LogP contribution in [-0.4, -0.2) is 74.7 Å². The molecule has 0 fully saturated rings. The topological polar surface area (TPSA) is 177 Å². The van der Waals surface area contributed by atoms with Gasteiger partial charge in [0.2, 0.25) is 36.5 Å². The molecule has 27 heavy (non-hydrogen) atoms. The Hall–Kier alpha value is -3.72. The van der Waals surface area contributed by atoms with E-state index in [9.17, 15) is 28.8 Å². The number of rotatable bonds is 14. The van der Waals surface area contributed by atoms with Gasteiger partial charge in [0.05, 0.1) is 38.3 Å². The van der Waals surface area contributed by atoms with Crippen LogP contribution in [0.5, 0.6) is 0 Å². The van der Waals surface area contributed by atoms with E-state index in [1.165, 1.54) is 36.5 Å². The van der Waals surface area contributed by atoms with Crippen molar-refractivity contribution in [2.75, 3.05) is 26.2 Å². The Morgan fingerprint density at radius 3 is 1.11 bits per heavy atom. The summed E-state index contributed by atoms with van der Waals surface area (Å²) in [7, 11) is 0. The van der Waals surface area contributed by atoms with Crippen LogP contribution in [0.3, 0.4) is 0 Å². The molecule has 12 heteroatoms. The first-order valence-electron chi connectivity index (χ1n) is 7.46. The molecule has 0 aromatic carbocycles. The van der Waals surface area contributed by atoms with Gasteiger partial charge in [-0.05, 0) is 6.42 Å². The van der Waals surface area contributed by atoms with Gasteiger partial charge in [0, 0.05) is 11.8 Å². The standard InChI is InChI=1S/C15H14N6O6/c22-6-16-2-12(14(20-10-26)4-18-8-24)1-13(3-17-7-23)15(21-11-27)5-19-9-25/h12-15H,1-5H2. The molecule has 0 radical (unpaired) electrons. The minimum Gasteiger partial charge on any atom is -0.211 e. The molecule has 4 atom stereocenters. The summed E-state index contributed by atoms with van der Waals surface area (Å²) < 4.78 is 0. The van der Waals surface area contributed by atoms with Crippen molar-refractivity contribution in [3.05, 3.63) is 0 Å². The van der Waals surface area contributed by atoms with E-state index in [2.05, 4.69) is 30.0 Å². The van der Waals surface area contributed by atoms with Gasteiger partial charge in [0.1, 0.15) is 0 Å². The molecule has 0 N–H and O–H groups in total. The lowest BCUT2D eigenvalue weighted by Gasteiger charge is -2.26.